The molecule has 0 spiro atoms. The van der Waals surface area contributed by atoms with Crippen LogP contribution in [-0.2, 0) is 6.54 Å². The van der Waals surface area contributed by atoms with E-state index in [2.05, 4.69) is 42.7 Å². The third-order valence-corrected chi connectivity index (χ3v) is 5.77. The lowest BCUT2D eigenvalue weighted by Gasteiger charge is -2.11. The molecule has 3 N–H and O–H groups in total. The van der Waals surface area contributed by atoms with Crippen molar-refractivity contribution in [2.45, 2.75) is 46.3 Å². The maximum atomic E-state index is 9.89. The zero-order valence-electron chi connectivity index (χ0n) is 16.1. The first kappa shape index (κ1) is 20.6. The van der Waals surface area contributed by atoms with Crippen LogP contribution in [-0.4, -0.2) is 30.2 Å². The van der Waals surface area contributed by atoms with Crippen LogP contribution in [0, 0.1) is 25.7 Å². The largest absolute Gasteiger partial charge is 0.389 e. The minimum Gasteiger partial charge on any atom is -0.389 e. The van der Waals surface area contributed by atoms with Gasteiger partial charge in [0.15, 0.2) is 0 Å². The number of pyridine rings is 1. The normalized spacial score (nSPS) is 11.5. The first-order valence-electron chi connectivity index (χ1n) is 8.70. The lowest BCUT2D eigenvalue weighted by Crippen LogP contribution is -2.16. The Balaban J connectivity index is 2.12. The van der Waals surface area contributed by atoms with E-state index in [4.69, 9.17) is 17.3 Å². The maximum Gasteiger partial charge on any atom is 0.223 e. The molecule has 3 rings (SSSR count). The molecular formula is C20H21BrClN5O. The van der Waals surface area contributed by atoms with Crippen molar-refractivity contribution in [3.63, 3.8) is 0 Å². The van der Waals surface area contributed by atoms with Gasteiger partial charge in [-0.3, -0.25) is 4.98 Å². The fourth-order valence-corrected chi connectivity index (χ4v) is 3.41. The number of aromatic nitrogens is 4. The molecule has 0 unspecified atom stereocenters. The van der Waals surface area contributed by atoms with Crippen LogP contribution in [0.1, 0.15) is 42.7 Å². The highest BCUT2D eigenvalue weighted by Crippen LogP contribution is 2.29. The second-order valence-corrected chi connectivity index (χ2v) is 8.51. The Bertz CT molecular complexity index is 1120. The van der Waals surface area contributed by atoms with Gasteiger partial charge < -0.3 is 15.4 Å². The van der Waals surface area contributed by atoms with Gasteiger partial charge in [0.05, 0.1) is 28.8 Å². The fourth-order valence-electron chi connectivity index (χ4n) is 2.80. The quantitative estimate of drug-likeness (QED) is 0.453. The molecule has 146 valence electrons. The van der Waals surface area contributed by atoms with Crippen molar-refractivity contribution in [3.8, 4) is 11.8 Å². The number of fused-ring (bicyclic) bond motifs is 1. The summed E-state index contributed by atoms with van der Waals surface area (Å²) in [7, 11) is 0. The molecule has 0 saturated heterocycles. The fraction of sp³-hybridized carbons (Fsp3) is 0.350. The van der Waals surface area contributed by atoms with Crippen molar-refractivity contribution in [1.82, 2.24) is 19.5 Å². The standard InChI is InChI=1S/C20H21BrClN5O/c1-11-8-24-14(12(2)16(11)21)10-27-9-13(6-5-7-20(3,4)28)15-17(22)25-19(23)26-18(15)27/h8-9,28H,7,10H2,1-4H3,(H2,23,25,26). The molecule has 8 heteroatoms. The summed E-state index contributed by atoms with van der Waals surface area (Å²) in [6, 6.07) is 0. The molecule has 0 atom stereocenters. The van der Waals surface area contributed by atoms with Gasteiger partial charge in [0, 0.05) is 23.3 Å². The minimum atomic E-state index is -0.870. The van der Waals surface area contributed by atoms with Gasteiger partial charge in [0.25, 0.3) is 0 Å². The predicted molar refractivity (Wildman–Crippen MR) is 115 cm³/mol. The molecule has 0 radical (unpaired) electrons. The van der Waals surface area contributed by atoms with E-state index in [1.165, 1.54) is 0 Å². The number of hydrogen-bond donors (Lipinski definition) is 2. The van der Waals surface area contributed by atoms with Crippen LogP contribution < -0.4 is 5.73 Å². The van der Waals surface area contributed by atoms with Crippen molar-refractivity contribution in [3.05, 3.63) is 44.4 Å². The molecular weight excluding hydrogens is 442 g/mol. The Hall–Kier alpha value is -2.14. The molecule has 0 aliphatic carbocycles. The van der Waals surface area contributed by atoms with Gasteiger partial charge in [-0.2, -0.15) is 4.98 Å². The van der Waals surface area contributed by atoms with Crippen LogP contribution in [0.5, 0.6) is 0 Å². The van der Waals surface area contributed by atoms with Crippen molar-refractivity contribution in [1.29, 1.82) is 0 Å². The summed E-state index contributed by atoms with van der Waals surface area (Å²) < 4.78 is 2.95. The van der Waals surface area contributed by atoms with Crippen molar-refractivity contribution < 1.29 is 5.11 Å². The number of aliphatic hydroxyl groups is 1. The van der Waals surface area contributed by atoms with Gasteiger partial charge in [-0.25, -0.2) is 4.98 Å². The number of aryl methyl sites for hydroxylation is 1. The van der Waals surface area contributed by atoms with Crippen LogP contribution in [0.4, 0.5) is 5.95 Å². The molecule has 3 aromatic rings. The van der Waals surface area contributed by atoms with E-state index in [0.29, 0.717) is 29.6 Å². The number of nitrogens with two attached hydrogens (primary N) is 1. The zero-order valence-corrected chi connectivity index (χ0v) is 18.5. The molecule has 0 aliphatic heterocycles. The minimum absolute atomic E-state index is 0.0996. The summed E-state index contributed by atoms with van der Waals surface area (Å²) in [6.45, 7) is 7.94. The monoisotopic (exact) mass is 461 g/mol. The second kappa shape index (κ2) is 7.70. The molecule has 3 heterocycles. The summed E-state index contributed by atoms with van der Waals surface area (Å²) in [5, 5.41) is 10.8. The van der Waals surface area contributed by atoms with E-state index < -0.39 is 5.60 Å². The van der Waals surface area contributed by atoms with Gasteiger partial charge in [-0.05, 0) is 38.8 Å². The highest BCUT2D eigenvalue weighted by molar-refractivity contribution is 9.10. The number of nitrogens with zero attached hydrogens (tertiary/aromatic N) is 4. The third-order valence-electron chi connectivity index (χ3n) is 4.28. The average molecular weight is 463 g/mol. The van der Waals surface area contributed by atoms with Gasteiger partial charge >= 0.3 is 0 Å². The van der Waals surface area contributed by atoms with E-state index in [1.54, 1.807) is 13.8 Å². The smallest absolute Gasteiger partial charge is 0.223 e. The summed E-state index contributed by atoms with van der Waals surface area (Å²) in [5.74, 6) is 6.18. The average Bonchev–Trinajstić information content (AvgIpc) is 2.92. The lowest BCUT2D eigenvalue weighted by atomic mass is 10.1. The van der Waals surface area contributed by atoms with Crippen LogP contribution >= 0.6 is 27.5 Å². The molecule has 0 fully saturated rings. The molecule has 6 nitrogen and oxygen atoms in total. The second-order valence-electron chi connectivity index (χ2n) is 7.36. The lowest BCUT2D eigenvalue weighted by molar-refractivity contribution is 0.0862. The molecule has 0 bridgehead atoms. The Labute approximate surface area is 177 Å². The first-order valence-corrected chi connectivity index (χ1v) is 9.87. The molecule has 0 amide bonds. The summed E-state index contributed by atoms with van der Waals surface area (Å²) in [5.41, 5.74) is 9.27. The maximum absolute atomic E-state index is 9.89. The molecule has 0 saturated carbocycles. The topological polar surface area (TPSA) is 89.8 Å². The molecule has 28 heavy (non-hydrogen) atoms. The van der Waals surface area contributed by atoms with Crippen molar-refractivity contribution in [2.24, 2.45) is 0 Å². The number of anilines is 1. The van der Waals surface area contributed by atoms with Crippen LogP contribution in [0.25, 0.3) is 11.0 Å². The highest BCUT2D eigenvalue weighted by atomic mass is 79.9. The Morgan fingerprint density at radius 2 is 2.04 bits per heavy atom. The van der Waals surface area contributed by atoms with E-state index in [1.807, 2.05) is 30.8 Å². The van der Waals surface area contributed by atoms with E-state index >= 15 is 0 Å². The van der Waals surface area contributed by atoms with E-state index in [9.17, 15) is 5.11 Å². The van der Waals surface area contributed by atoms with Crippen LogP contribution in [0.15, 0.2) is 16.9 Å². The SMILES string of the molecule is Cc1cnc(Cn2cc(C#CCC(C)(C)O)c3c(Cl)nc(N)nc32)c(C)c1Br. The molecule has 0 aliphatic rings. The Morgan fingerprint density at radius 1 is 1.32 bits per heavy atom. The summed E-state index contributed by atoms with van der Waals surface area (Å²) in [4.78, 5) is 13.0. The van der Waals surface area contributed by atoms with Gasteiger partial charge in [0.1, 0.15) is 10.8 Å². The van der Waals surface area contributed by atoms with Crippen LogP contribution in [0.3, 0.4) is 0 Å². The van der Waals surface area contributed by atoms with Crippen LogP contribution in [0.2, 0.25) is 5.15 Å². The molecule has 3 aromatic heterocycles. The van der Waals surface area contributed by atoms with Crippen molar-refractivity contribution in [2.75, 3.05) is 5.73 Å². The van der Waals surface area contributed by atoms with Crippen molar-refractivity contribution >= 4 is 44.5 Å². The highest BCUT2D eigenvalue weighted by Gasteiger charge is 2.17. The predicted octanol–water partition coefficient (Wildman–Crippen LogP) is 4.00. The van der Waals surface area contributed by atoms with Gasteiger partial charge in [0.2, 0.25) is 5.95 Å². The van der Waals surface area contributed by atoms with E-state index in [0.717, 1.165) is 21.3 Å². The van der Waals surface area contributed by atoms with Gasteiger partial charge in [-0.15, -0.1) is 0 Å². The Morgan fingerprint density at radius 3 is 2.71 bits per heavy atom. The van der Waals surface area contributed by atoms with Gasteiger partial charge in [-0.1, -0.05) is 39.4 Å². The molecule has 0 aromatic carbocycles. The number of hydrogen-bond acceptors (Lipinski definition) is 5. The number of halogens is 2. The summed E-state index contributed by atoms with van der Waals surface area (Å²) in [6.07, 6.45) is 4.04. The number of nitrogen functional groups attached to an aromatic ring is 1. The first-order chi connectivity index (χ1) is 13.1. The Kier molecular flexibility index (Phi) is 5.67. The summed E-state index contributed by atoms with van der Waals surface area (Å²) >= 11 is 9.96. The van der Waals surface area contributed by atoms with E-state index in [-0.39, 0.29) is 11.1 Å². The third kappa shape index (κ3) is 4.30. The zero-order chi connectivity index (χ0) is 20.6. The number of rotatable bonds is 3.